The number of aromatic nitrogens is 1. The van der Waals surface area contributed by atoms with Crippen molar-refractivity contribution < 1.29 is 14.3 Å². The zero-order valence-corrected chi connectivity index (χ0v) is 16.6. The molecule has 27 heavy (non-hydrogen) atoms. The van der Waals surface area contributed by atoms with Gasteiger partial charge in [-0.05, 0) is 38.3 Å². The number of piperazine rings is 1. The quantitative estimate of drug-likeness (QED) is 0.882. The minimum absolute atomic E-state index is 0.110. The number of amides is 3. The molecule has 148 valence electrons. The number of pyridine rings is 1. The maximum Gasteiger partial charge on any atom is 0.322 e. The van der Waals surface area contributed by atoms with Crippen LogP contribution in [0.3, 0.4) is 0 Å². The monoisotopic (exact) mass is 374 g/mol. The van der Waals surface area contributed by atoms with E-state index < -0.39 is 0 Å². The van der Waals surface area contributed by atoms with Crippen molar-refractivity contribution in [3.63, 3.8) is 0 Å². The van der Waals surface area contributed by atoms with Crippen LogP contribution in [-0.2, 0) is 4.79 Å². The Morgan fingerprint density at radius 2 is 2.00 bits per heavy atom. The summed E-state index contributed by atoms with van der Waals surface area (Å²) in [4.78, 5) is 33.3. The fourth-order valence-corrected chi connectivity index (χ4v) is 4.37. The lowest BCUT2D eigenvalue weighted by atomic mass is 9.78. The summed E-state index contributed by atoms with van der Waals surface area (Å²) in [7, 11) is 0. The molecule has 3 rings (SSSR count). The van der Waals surface area contributed by atoms with Crippen molar-refractivity contribution in [2.45, 2.75) is 58.4 Å². The van der Waals surface area contributed by atoms with Gasteiger partial charge in [0.2, 0.25) is 11.8 Å². The molecule has 2 aliphatic rings. The van der Waals surface area contributed by atoms with E-state index in [0.717, 1.165) is 31.2 Å². The van der Waals surface area contributed by atoms with Gasteiger partial charge >= 0.3 is 6.03 Å². The van der Waals surface area contributed by atoms with Crippen molar-refractivity contribution in [3.05, 3.63) is 17.8 Å². The predicted octanol–water partition coefficient (Wildman–Crippen LogP) is 3.19. The lowest BCUT2D eigenvalue weighted by Crippen LogP contribution is -2.65. The van der Waals surface area contributed by atoms with Gasteiger partial charge in [0.1, 0.15) is 5.69 Å². The van der Waals surface area contributed by atoms with Gasteiger partial charge in [0.05, 0.1) is 12.1 Å². The highest BCUT2D eigenvalue weighted by atomic mass is 16.5. The third-order valence-electron chi connectivity index (χ3n) is 5.61. The molecular formula is C20H30N4O3. The van der Waals surface area contributed by atoms with Crippen LogP contribution in [0, 0.1) is 6.92 Å². The third kappa shape index (κ3) is 4.17. The van der Waals surface area contributed by atoms with Crippen LogP contribution >= 0.6 is 0 Å². The van der Waals surface area contributed by atoms with Crippen LogP contribution in [0.4, 0.5) is 10.5 Å². The largest absolute Gasteiger partial charge is 0.476 e. The SMILES string of the molecule is CCOc1ncc(C)cc1NC(=O)N1CCN(C(C)=O)C2(CCCCC2)C1. The summed E-state index contributed by atoms with van der Waals surface area (Å²) in [6.07, 6.45) is 7.07. The second kappa shape index (κ2) is 8.15. The molecule has 1 saturated carbocycles. The molecule has 1 aromatic rings. The second-order valence-corrected chi connectivity index (χ2v) is 7.61. The van der Waals surface area contributed by atoms with Gasteiger partial charge in [-0.15, -0.1) is 0 Å². The Morgan fingerprint density at radius 3 is 2.67 bits per heavy atom. The molecule has 1 N–H and O–H groups in total. The first-order valence-electron chi connectivity index (χ1n) is 9.89. The van der Waals surface area contributed by atoms with E-state index in [1.807, 2.05) is 29.7 Å². The molecule has 0 aromatic carbocycles. The zero-order chi connectivity index (χ0) is 19.4. The van der Waals surface area contributed by atoms with Crippen LogP contribution in [0.1, 0.15) is 51.5 Å². The summed E-state index contributed by atoms with van der Waals surface area (Å²) in [5.74, 6) is 0.546. The standard InChI is InChI=1S/C20H30N4O3/c1-4-27-18-17(12-15(2)13-21-18)22-19(26)23-10-11-24(16(3)25)20(14-23)8-6-5-7-9-20/h12-13H,4-11,14H2,1-3H3,(H,22,26). The number of carbonyl (C=O) groups is 2. The third-order valence-corrected chi connectivity index (χ3v) is 5.61. The maximum absolute atomic E-state index is 13.0. The smallest absolute Gasteiger partial charge is 0.322 e. The van der Waals surface area contributed by atoms with Gasteiger partial charge in [-0.2, -0.15) is 0 Å². The first-order valence-corrected chi connectivity index (χ1v) is 9.89. The van der Waals surface area contributed by atoms with Gasteiger partial charge in [0.15, 0.2) is 0 Å². The Labute approximate surface area is 161 Å². The Hall–Kier alpha value is -2.31. The van der Waals surface area contributed by atoms with Crippen LogP contribution in [-0.4, -0.2) is 58.5 Å². The molecule has 2 heterocycles. The summed E-state index contributed by atoms with van der Waals surface area (Å²) < 4.78 is 5.54. The number of rotatable bonds is 3. The molecule has 1 aliphatic heterocycles. The van der Waals surface area contributed by atoms with Crippen molar-refractivity contribution in [1.82, 2.24) is 14.8 Å². The molecular weight excluding hydrogens is 344 g/mol. The summed E-state index contributed by atoms with van der Waals surface area (Å²) in [6.45, 7) is 7.66. The molecule has 3 amide bonds. The van der Waals surface area contributed by atoms with Crippen molar-refractivity contribution >= 4 is 17.6 Å². The number of ether oxygens (including phenoxy) is 1. The van der Waals surface area contributed by atoms with E-state index >= 15 is 0 Å². The first kappa shape index (κ1) is 19.5. The fraction of sp³-hybridized carbons (Fsp3) is 0.650. The van der Waals surface area contributed by atoms with Gasteiger partial charge in [0.25, 0.3) is 0 Å². The number of hydrogen-bond acceptors (Lipinski definition) is 4. The van der Waals surface area contributed by atoms with E-state index in [1.54, 1.807) is 13.1 Å². The average molecular weight is 374 g/mol. The molecule has 2 fully saturated rings. The van der Waals surface area contributed by atoms with Crippen LogP contribution in [0.25, 0.3) is 0 Å². The van der Waals surface area contributed by atoms with Crippen molar-refractivity contribution in [2.24, 2.45) is 0 Å². The normalized spacial score (nSPS) is 19.1. The van der Waals surface area contributed by atoms with Crippen molar-refractivity contribution in [1.29, 1.82) is 0 Å². The Balaban J connectivity index is 1.76. The molecule has 0 radical (unpaired) electrons. The van der Waals surface area contributed by atoms with Crippen LogP contribution < -0.4 is 10.1 Å². The number of anilines is 1. The van der Waals surface area contributed by atoms with E-state index in [9.17, 15) is 9.59 Å². The van der Waals surface area contributed by atoms with E-state index in [0.29, 0.717) is 37.8 Å². The molecule has 7 nitrogen and oxygen atoms in total. The minimum atomic E-state index is -0.215. The van der Waals surface area contributed by atoms with E-state index in [-0.39, 0.29) is 17.5 Å². The zero-order valence-electron chi connectivity index (χ0n) is 16.6. The number of hydrogen-bond donors (Lipinski definition) is 1. The molecule has 7 heteroatoms. The van der Waals surface area contributed by atoms with Gasteiger partial charge in [-0.3, -0.25) is 4.79 Å². The number of nitrogens with zero attached hydrogens (tertiary/aromatic N) is 3. The Morgan fingerprint density at radius 1 is 1.26 bits per heavy atom. The highest BCUT2D eigenvalue weighted by Crippen LogP contribution is 2.37. The first-order chi connectivity index (χ1) is 12.9. The van der Waals surface area contributed by atoms with Crippen LogP contribution in [0.2, 0.25) is 0 Å². The van der Waals surface area contributed by atoms with E-state index in [2.05, 4.69) is 10.3 Å². The van der Waals surface area contributed by atoms with Gasteiger partial charge < -0.3 is 19.9 Å². The Kier molecular flexibility index (Phi) is 5.87. The van der Waals surface area contributed by atoms with Crippen molar-refractivity contribution in [2.75, 3.05) is 31.6 Å². The minimum Gasteiger partial charge on any atom is -0.476 e. The molecule has 1 aliphatic carbocycles. The van der Waals surface area contributed by atoms with E-state index in [1.165, 1.54) is 6.42 Å². The molecule has 0 bridgehead atoms. The lowest BCUT2D eigenvalue weighted by Gasteiger charge is -2.52. The molecule has 0 unspecified atom stereocenters. The number of nitrogens with one attached hydrogen (secondary N) is 1. The summed E-state index contributed by atoms with van der Waals surface area (Å²) in [6, 6.07) is 1.72. The van der Waals surface area contributed by atoms with Crippen LogP contribution in [0.5, 0.6) is 5.88 Å². The molecule has 0 atom stereocenters. The lowest BCUT2D eigenvalue weighted by molar-refractivity contribution is -0.141. The van der Waals surface area contributed by atoms with Crippen LogP contribution in [0.15, 0.2) is 12.3 Å². The van der Waals surface area contributed by atoms with Crippen molar-refractivity contribution in [3.8, 4) is 5.88 Å². The number of aryl methyl sites for hydroxylation is 1. The predicted molar refractivity (Wildman–Crippen MR) is 104 cm³/mol. The van der Waals surface area contributed by atoms with Gasteiger partial charge in [-0.25, -0.2) is 9.78 Å². The molecule has 1 spiro atoms. The number of urea groups is 1. The second-order valence-electron chi connectivity index (χ2n) is 7.61. The highest BCUT2D eigenvalue weighted by molar-refractivity contribution is 5.91. The number of carbonyl (C=O) groups excluding carboxylic acids is 2. The molecule has 1 aromatic heterocycles. The summed E-state index contributed by atoms with van der Waals surface area (Å²) in [5, 5.41) is 2.97. The molecule has 1 saturated heterocycles. The van der Waals surface area contributed by atoms with Gasteiger partial charge in [0, 0.05) is 32.8 Å². The summed E-state index contributed by atoms with van der Waals surface area (Å²) in [5.41, 5.74) is 1.33. The maximum atomic E-state index is 13.0. The fourth-order valence-electron chi connectivity index (χ4n) is 4.37. The van der Waals surface area contributed by atoms with E-state index in [4.69, 9.17) is 4.74 Å². The average Bonchev–Trinajstić information content (AvgIpc) is 2.64. The topological polar surface area (TPSA) is 74.8 Å². The van der Waals surface area contributed by atoms with Gasteiger partial charge in [-0.1, -0.05) is 19.3 Å². The Bertz CT molecular complexity index is 700. The highest BCUT2D eigenvalue weighted by Gasteiger charge is 2.44. The summed E-state index contributed by atoms with van der Waals surface area (Å²) >= 11 is 0.